The number of carbonyl (C=O) groups is 1. The molecule has 0 spiro atoms. The average Bonchev–Trinajstić information content (AvgIpc) is 3.14. The number of likely N-dealkylation sites (N-methyl/N-ethyl adjacent to an activating group) is 1. The summed E-state index contributed by atoms with van der Waals surface area (Å²) in [6, 6.07) is 13.9. The van der Waals surface area contributed by atoms with Crippen LogP contribution in [0.5, 0.6) is 0 Å². The lowest BCUT2D eigenvalue weighted by atomic mass is 10.2. The van der Waals surface area contributed by atoms with Crippen molar-refractivity contribution in [3.63, 3.8) is 0 Å². The number of amides is 1. The summed E-state index contributed by atoms with van der Waals surface area (Å²) in [6.45, 7) is 9.67. The number of rotatable bonds is 9. The van der Waals surface area contributed by atoms with E-state index in [0.29, 0.717) is 17.3 Å². The normalized spacial score (nSPS) is 11.3. The zero-order valence-corrected chi connectivity index (χ0v) is 19.4. The third-order valence-electron chi connectivity index (χ3n) is 4.81. The van der Waals surface area contributed by atoms with Crippen molar-refractivity contribution in [2.45, 2.75) is 25.7 Å². The number of hydrogen-bond donors (Lipinski definition) is 0. The van der Waals surface area contributed by atoms with Crippen molar-refractivity contribution in [3.8, 4) is 0 Å². The van der Waals surface area contributed by atoms with E-state index in [4.69, 9.17) is 16.6 Å². The van der Waals surface area contributed by atoms with E-state index < -0.39 is 0 Å². The molecule has 1 aromatic heterocycles. The second-order valence-electron chi connectivity index (χ2n) is 6.74. The molecule has 0 saturated heterocycles. The van der Waals surface area contributed by atoms with Crippen molar-refractivity contribution in [3.05, 3.63) is 53.1 Å². The molecule has 0 atom stereocenters. The van der Waals surface area contributed by atoms with Crippen LogP contribution in [0.1, 0.15) is 19.4 Å². The van der Waals surface area contributed by atoms with Gasteiger partial charge in [0.1, 0.15) is 0 Å². The first-order valence-corrected chi connectivity index (χ1v) is 12.0. The van der Waals surface area contributed by atoms with Crippen molar-refractivity contribution in [2.75, 3.05) is 36.8 Å². The second-order valence-corrected chi connectivity index (χ2v) is 9.23. The molecule has 3 rings (SSSR count). The van der Waals surface area contributed by atoms with Gasteiger partial charge in [0.05, 0.1) is 16.0 Å². The van der Waals surface area contributed by atoms with Crippen LogP contribution < -0.4 is 4.90 Å². The molecule has 0 fully saturated rings. The molecule has 0 aliphatic heterocycles. The first-order chi connectivity index (χ1) is 14.0. The van der Waals surface area contributed by atoms with Crippen LogP contribution >= 0.6 is 34.7 Å². The lowest BCUT2D eigenvalue weighted by Gasteiger charge is -2.24. The number of carbonyl (C=O) groups excluding carboxylic acids is 1. The Morgan fingerprint density at radius 2 is 1.86 bits per heavy atom. The second kappa shape index (κ2) is 10.4. The fraction of sp³-hybridized carbons (Fsp3) is 0.364. The molecule has 0 radical (unpaired) electrons. The third kappa shape index (κ3) is 5.72. The first kappa shape index (κ1) is 22.1. The number of hydrogen-bond acceptors (Lipinski definition) is 5. The molecule has 0 N–H and O–H groups in total. The maximum Gasteiger partial charge on any atom is 0.239 e. The highest BCUT2D eigenvalue weighted by atomic mass is 35.5. The number of thioether (sulfide) groups is 1. The molecule has 0 aliphatic carbocycles. The Bertz CT molecular complexity index is 957. The van der Waals surface area contributed by atoms with Gasteiger partial charge in [0.25, 0.3) is 0 Å². The van der Waals surface area contributed by atoms with E-state index in [1.807, 2.05) is 54.3 Å². The van der Waals surface area contributed by atoms with E-state index in [1.165, 1.54) is 11.3 Å². The highest BCUT2D eigenvalue weighted by Crippen LogP contribution is 2.33. The van der Waals surface area contributed by atoms with Gasteiger partial charge >= 0.3 is 0 Å². The summed E-state index contributed by atoms with van der Waals surface area (Å²) < 4.78 is 1.02. The van der Waals surface area contributed by atoms with Crippen molar-refractivity contribution >= 4 is 56.0 Å². The summed E-state index contributed by atoms with van der Waals surface area (Å²) in [5.74, 6) is 0.464. The van der Waals surface area contributed by atoms with Crippen molar-refractivity contribution < 1.29 is 4.79 Å². The van der Waals surface area contributed by atoms with E-state index >= 15 is 0 Å². The number of benzene rings is 2. The van der Waals surface area contributed by atoms with Crippen LogP contribution in [0.15, 0.2) is 47.4 Å². The fourth-order valence-corrected chi connectivity index (χ4v) is 5.37. The van der Waals surface area contributed by atoms with E-state index in [0.717, 1.165) is 45.4 Å². The van der Waals surface area contributed by atoms with Crippen molar-refractivity contribution in [2.24, 2.45) is 0 Å². The van der Waals surface area contributed by atoms with Gasteiger partial charge in [0.2, 0.25) is 5.91 Å². The van der Waals surface area contributed by atoms with Gasteiger partial charge in [-0.25, -0.2) is 4.98 Å². The van der Waals surface area contributed by atoms with Gasteiger partial charge in [-0.1, -0.05) is 55.0 Å². The Hall–Kier alpha value is -1.60. The van der Waals surface area contributed by atoms with Gasteiger partial charge in [0, 0.05) is 23.0 Å². The van der Waals surface area contributed by atoms with Gasteiger partial charge < -0.3 is 4.90 Å². The number of halogens is 1. The van der Waals surface area contributed by atoms with Crippen LogP contribution in [0.3, 0.4) is 0 Å². The summed E-state index contributed by atoms with van der Waals surface area (Å²) in [5, 5.41) is 1.45. The van der Waals surface area contributed by atoms with Gasteiger partial charge in [-0.3, -0.25) is 9.69 Å². The van der Waals surface area contributed by atoms with E-state index in [9.17, 15) is 4.79 Å². The predicted octanol–water partition coefficient (Wildman–Crippen LogP) is 5.73. The molecule has 29 heavy (non-hydrogen) atoms. The lowest BCUT2D eigenvalue weighted by molar-refractivity contribution is -0.116. The Morgan fingerprint density at radius 1 is 1.14 bits per heavy atom. The molecule has 4 nitrogen and oxygen atoms in total. The minimum Gasteiger partial charge on any atom is -0.302 e. The average molecular weight is 448 g/mol. The summed E-state index contributed by atoms with van der Waals surface area (Å²) in [6.07, 6.45) is 0. The Labute approximate surface area is 185 Å². The van der Waals surface area contributed by atoms with Gasteiger partial charge in [0.15, 0.2) is 5.13 Å². The smallest absolute Gasteiger partial charge is 0.239 e. The molecular weight excluding hydrogens is 422 g/mol. The maximum atomic E-state index is 13.2. The maximum absolute atomic E-state index is 13.2. The molecule has 0 saturated carbocycles. The quantitative estimate of drug-likeness (QED) is 0.393. The highest BCUT2D eigenvalue weighted by molar-refractivity contribution is 8.00. The van der Waals surface area contributed by atoms with Crippen LogP contribution in [0.4, 0.5) is 5.13 Å². The summed E-state index contributed by atoms with van der Waals surface area (Å²) in [5.41, 5.74) is 1.95. The van der Waals surface area contributed by atoms with Crippen LogP contribution in [-0.2, 0) is 4.79 Å². The van der Waals surface area contributed by atoms with Crippen molar-refractivity contribution in [1.29, 1.82) is 0 Å². The van der Waals surface area contributed by atoms with E-state index in [1.54, 1.807) is 11.8 Å². The van der Waals surface area contributed by atoms with Crippen molar-refractivity contribution in [1.82, 2.24) is 9.88 Å². The Kier molecular flexibility index (Phi) is 7.95. The molecule has 1 heterocycles. The monoisotopic (exact) mass is 447 g/mol. The number of nitrogens with zero attached hydrogens (tertiary/aromatic N) is 3. The molecular formula is C22H26ClN3OS2. The summed E-state index contributed by atoms with van der Waals surface area (Å²) in [7, 11) is 0. The third-order valence-corrected chi connectivity index (χ3v) is 7.05. The standard InChI is InChI=1S/C22H26ClN3OS2/c1-4-25(5-2)11-12-26(20(27)15-28-18-9-7-6-8-10-18)22-24-21-16(3)13-17(23)14-19(21)29-22/h6-10,13-14H,4-5,11-12,15H2,1-3H3. The predicted molar refractivity (Wildman–Crippen MR) is 127 cm³/mol. The molecule has 0 bridgehead atoms. The Morgan fingerprint density at radius 3 is 2.55 bits per heavy atom. The Balaban J connectivity index is 1.83. The van der Waals surface area contributed by atoms with Crippen LogP contribution in [-0.4, -0.2) is 47.7 Å². The summed E-state index contributed by atoms with van der Waals surface area (Å²) >= 11 is 9.31. The molecule has 0 aliphatic rings. The molecule has 7 heteroatoms. The van der Waals surface area contributed by atoms with Gasteiger partial charge in [-0.2, -0.15) is 0 Å². The number of anilines is 1. The van der Waals surface area contributed by atoms with Gasteiger partial charge in [-0.15, -0.1) is 11.8 Å². The minimum absolute atomic E-state index is 0.0776. The lowest BCUT2D eigenvalue weighted by Crippen LogP contribution is -2.39. The topological polar surface area (TPSA) is 36.4 Å². The first-order valence-electron chi connectivity index (χ1n) is 9.79. The zero-order chi connectivity index (χ0) is 20.8. The number of fused-ring (bicyclic) bond motifs is 1. The highest BCUT2D eigenvalue weighted by Gasteiger charge is 2.21. The number of thiazole rings is 1. The molecule has 154 valence electrons. The van der Waals surface area contributed by atoms with Crippen LogP contribution in [0, 0.1) is 6.92 Å². The molecule has 3 aromatic rings. The number of aryl methyl sites for hydroxylation is 1. The SMILES string of the molecule is CCN(CC)CCN(C(=O)CSc1ccccc1)c1nc2c(C)cc(Cl)cc2s1. The van der Waals surface area contributed by atoms with Gasteiger partial charge in [-0.05, 0) is 49.8 Å². The molecule has 2 aromatic carbocycles. The number of aromatic nitrogens is 1. The summed E-state index contributed by atoms with van der Waals surface area (Å²) in [4.78, 5) is 23.2. The molecule has 1 amide bonds. The molecule has 0 unspecified atom stereocenters. The van der Waals surface area contributed by atoms with Crippen LogP contribution in [0.2, 0.25) is 5.02 Å². The van der Waals surface area contributed by atoms with E-state index in [2.05, 4.69) is 18.7 Å². The zero-order valence-electron chi connectivity index (χ0n) is 17.0. The largest absolute Gasteiger partial charge is 0.302 e. The van der Waals surface area contributed by atoms with E-state index in [-0.39, 0.29) is 5.91 Å². The minimum atomic E-state index is 0.0776. The van der Waals surface area contributed by atoms with Crippen LogP contribution in [0.25, 0.3) is 10.2 Å². The fourth-order valence-electron chi connectivity index (χ4n) is 3.11.